The average Bonchev–Trinajstić information content (AvgIpc) is 3.33. The van der Waals surface area contributed by atoms with Gasteiger partial charge in [-0.1, -0.05) is 30.3 Å². The van der Waals surface area contributed by atoms with Crippen LogP contribution in [0.2, 0.25) is 0 Å². The van der Waals surface area contributed by atoms with Crippen molar-refractivity contribution in [1.29, 1.82) is 0 Å². The molecule has 2 amide bonds. The maximum Gasteiger partial charge on any atom is 0.228 e. The van der Waals surface area contributed by atoms with Crippen molar-refractivity contribution in [3.05, 3.63) is 54.1 Å². The molecule has 3 atom stereocenters. The lowest BCUT2D eigenvalue weighted by Crippen LogP contribution is -2.51. The van der Waals surface area contributed by atoms with E-state index in [0.717, 1.165) is 17.9 Å². The molecule has 2 aromatic rings. The predicted octanol–water partition coefficient (Wildman–Crippen LogP) is 1.50. The lowest BCUT2D eigenvalue weighted by molar-refractivity contribution is -0.139. The first-order chi connectivity index (χ1) is 13.6. The highest BCUT2D eigenvalue weighted by Crippen LogP contribution is 2.31. The van der Waals surface area contributed by atoms with Crippen LogP contribution >= 0.6 is 0 Å². The van der Waals surface area contributed by atoms with Crippen molar-refractivity contribution in [3.63, 3.8) is 0 Å². The fraction of sp³-hybridized carbons (Fsp3) is 0.476. The van der Waals surface area contributed by atoms with E-state index in [4.69, 9.17) is 0 Å². The highest BCUT2D eigenvalue weighted by molar-refractivity contribution is 5.89. The van der Waals surface area contributed by atoms with Gasteiger partial charge >= 0.3 is 0 Å². The normalized spacial score (nSPS) is 23.9. The van der Waals surface area contributed by atoms with Crippen molar-refractivity contribution in [3.8, 4) is 0 Å². The Kier molecular flexibility index (Phi) is 5.17. The molecule has 2 aliphatic rings. The minimum absolute atomic E-state index is 0.0279. The van der Waals surface area contributed by atoms with E-state index in [1.165, 1.54) is 0 Å². The lowest BCUT2D eigenvalue weighted by atomic mass is 10.0. The van der Waals surface area contributed by atoms with Gasteiger partial charge in [0.1, 0.15) is 11.9 Å². The van der Waals surface area contributed by atoms with Crippen LogP contribution in [-0.2, 0) is 16.6 Å². The van der Waals surface area contributed by atoms with Crippen LogP contribution in [0.1, 0.15) is 36.8 Å². The van der Waals surface area contributed by atoms with Gasteiger partial charge in [0.05, 0.1) is 12.0 Å². The SMILES string of the molecule is CC(c1ccccc1)N1CC(C(=O)N2CCNCC2c2nccn2C)CC1=O. The molecule has 1 N–H and O–H groups in total. The third-order valence-corrected chi connectivity index (χ3v) is 5.94. The van der Waals surface area contributed by atoms with Crippen LogP contribution in [0, 0.1) is 5.92 Å². The predicted molar refractivity (Wildman–Crippen MR) is 105 cm³/mol. The second kappa shape index (κ2) is 7.75. The minimum Gasteiger partial charge on any atom is -0.336 e. The number of benzene rings is 1. The van der Waals surface area contributed by atoms with E-state index in [-0.39, 0.29) is 36.2 Å². The molecule has 0 spiro atoms. The zero-order chi connectivity index (χ0) is 19.7. The number of aromatic nitrogens is 2. The number of amides is 2. The Morgan fingerprint density at radius 2 is 2.07 bits per heavy atom. The molecule has 3 unspecified atom stereocenters. The quantitative estimate of drug-likeness (QED) is 0.871. The summed E-state index contributed by atoms with van der Waals surface area (Å²) < 4.78 is 1.96. The number of rotatable bonds is 4. The number of aryl methyl sites for hydroxylation is 1. The Hall–Kier alpha value is -2.67. The maximum absolute atomic E-state index is 13.3. The molecule has 3 heterocycles. The molecule has 2 saturated heterocycles. The fourth-order valence-corrected chi connectivity index (χ4v) is 4.31. The number of nitrogens with zero attached hydrogens (tertiary/aromatic N) is 4. The molecule has 2 fully saturated rings. The van der Waals surface area contributed by atoms with Gasteiger partial charge in [-0.15, -0.1) is 0 Å². The van der Waals surface area contributed by atoms with E-state index in [9.17, 15) is 9.59 Å². The number of piperazine rings is 1. The Labute approximate surface area is 165 Å². The van der Waals surface area contributed by atoms with Crippen molar-refractivity contribution in [1.82, 2.24) is 24.7 Å². The third kappa shape index (κ3) is 3.42. The molecule has 0 bridgehead atoms. The fourth-order valence-electron chi connectivity index (χ4n) is 4.31. The number of carbonyl (C=O) groups excluding carboxylic acids is 2. The number of nitrogens with one attached hydrogen (secondary N) is 1. The zero-order valence-corrected chi connectivity index (χ0v) is 16.4. The topological polar surface area (TPSA) is 70.5 Å². The van der Waals surface area contributed by atoms with Gasteiger partial charge in [0, 0.05) is 52.0 Å². The number of carbonyl (C=O) groups is 2. The molecule has 4 rings (SSSR count). The number of hydrogen-bond donors (Lipinski definition) is 1. The van der Waals surface area contributed by atoms with Crippen molar-refractivity contribution in [2.24, 2.45) is 13.0 Å². The smallest absolute Gasteiger partial charge is 0.228 e. The van der Waals surface area contributed by atoms with Crippen LogP contribution in [0.25, 0.3) is 0 Å². The molecule has 1 aromatic carbocycles. The molecular weight excluding hydrogens is 354 g/mol. The molecule has 2 aliphatic heterocycles. The van der Waals surface area contributed by atoms with Crippen molar-refractivity contribution < 1.29 is 9.59 Å². The second-order valence-electron chi connectivity index (χ2n) is 7.68. The van der Waals surface area contributed by atoms with Gasteiger partial charge in [-0.05, 0) is 12.5 Å². The van der Waals surface area contributed by atoms with Gasteiger partial charge in [0.25, 0.3) is 0 Å². The van der Waals surface area contributed by atoms with Crippen LogP contribution in [0.4, 0.5) is 0 Å². The van der Waals surface area contributed by atoms with E-state index in [0.29, 0.717) is 19.6 Å². The molecule has 0 radical (unpaired) electrons. The summed E-state index contributed by atoms with van der Waals surface area (Å²) in [5, 5.41) is 3.36. The lowest BCUT2D eigenvalue weighted by Gasteiger charge is -2.37. The Bertz CT molecular complexity index is 849. The summed E-state index contributed by atoms with van der Waals surface area (Å²) in [5.74, 6) is 0.697. The van der Waals surface area contributed by atoms with Gasteiger partial charge in [0.15, 0.2) is 0 Å². The molecule has 148 valence electrons. The highest BCUT2D eigenvalue weighted by Gasteiger charge is 2.41. The van der Waals surface area contributed by atoms with E-state index in [1.54, 1.807) is 6.20 Å². The van der Waals surface area contributed by atoms with E-state index < -0.39 is 0 Å². The highest BCUT2D eigenvalue weighted by atomic mass is 16.2. The summed E-state index contributed by atoms with van der Waals surface area (Å²) in [4.78, 5) is 34.2. The van der Waals surface area contributed by atoms with Gasteiger partial charge in [-0.25, -0.2) is 4.98 Å². The molecular formula is C21H27N5O2. The van der Waals surface area contributed by atoms with Crippen LogP contribution in [0.3, 0.4) is 0 Å². The molecule has 1 aromatic heterocycles. The summed E-state index contributed by atoms with van der Waals surface area (Å²) in [6, 6.07) is 9.86. The zero-order valence-electron chi connectivity index (χ0n) is 16.4. The van der Waals surface area contributed by atoms with Crippen molar-refractivity contribution >= 4 is 11.8 Å². The van der Waals surface area contributed by atoms with Crippen molar-refractivity contribution in [2.45, 2.75) is 25.4 Å². The van der Waals surface area contributed by atoms with E-state index in [1.807, 2.05) is 64.9 Å². The number of imidazole rings is 1. The van der Waals surface area contributed by atoms with Crippen LogP contribution in [0.5, 0.6) is 0 Å². The minimum atomic E-state index is -0.292. The monoisotopic (exact) mass is 381 g/mol. The summed E-state index contributed by atoms with van der Waals surface area (Å²) >= 11 is 0. The maximum atomic E-state index is 13.3. The molecule has 28 heavy (non-hydrogen) atoms. The first-order valence-corrected chi connectivity index (χ1v) is 9.89. The summed E-state index contributed by atoms with van der Waals surface area (Å²) in [5.41, 5.74) is 1.09. The van der Waals surface area contributed by atoms with Crippen molar-refractivity contribution in [2.75, 3.05) is 26.2 Å². The summed E-state index contributed by atoms with van der Waals surface area (Å²) in [7, 11) is 1.95. The van der Waals surface area contributed by atoms with Crippen LogP contribution < -0.4 is 5.32 Å². The van der Waals surface area contributed by atoms with Gasteiger partial charge in [-0.3, -0.25) is 9.59 Å². The Morgan fingerprint density at radius 3 is 2.79 bits per heavy atom. The van der Waals surface area contributed by atoms with Gasteiger partial charge in [-0.2, -0.15) is 0 Å². The molecule has 7 heteroatoms. The van der Waals surface area contributed by atoms with E-state index in [2.05, 4.69) is 10.3 Å². The first kappa shape index (κ1) is 18.7. The van der Waals surface area contributed by atoms with Crippen LogP contribution in [-0.4, -0.2) is 57.3 Å². The summed E-state index contributed by atoms with van der Waals surface area (Å²) in [6.07, 6.45) is 3.94. The van der Waals surface area contributed by atoms with Gasteiger partial charge in [0.2, 0.25) is 11.8 Å². The molecule has 0 aliphatic carbocycles. The van der Waals surface area contributed by atoms with Crippen LogP contribution in [0.15, 0.2) is 42.7 Å². The first-order valence-electron chi connectivity index (χ1n) is 9.89. The standard InChI is InChI=1S/C21H27N5O2/c1-15(16-6-4-3-5-7-16)26-14-17(12-19(26)27)21(28)25-11-8-22-13-18(25)20-23-9-10-24(20)2/h3-7,9-10,15,17-18,22H,8,11-14H2,1-2H3. The summed E-state index contributed by atoms with van der Waals surface area (Å²) in [6.45, 7) is 4.58. The van der Waals surface area contributed by atoms with Gasteiger partial charge < -0.3 is 19.7 Å². The Morgan fingerprint density at radius 1 is 1.29 bits per heavy atom. The Balaban J connectivity index is 1.50. The van der Waals surface area contributed by atoms with E-state index >= 15 is 0 Å². The average molecular weight is 381 g/mol. The molecule has 7 nitrogen and oxygen atoms in total. The molecule has 0 saturated carbocycles. The number of likely N-dealkylation sites (tertiary alicyclic amines) is 1. The number of hydrogen-bond acceptors (Lipinski definition) is 4. The third-order valence-electron chi connectivity index (χ3n) is 5.94. The second-order valence-corrected chi connectivity index (χ2v) is 7.68. The largest absolute Gasteiger partial charge is 0.336 e.